The minimum absolute atomic E-state index is 0.0569. The molecule has 174 valence electrons. The van der Waals surface area contributed by atoms with Gasteiger partial charge in [0.25, 0.3) is 5.91 Å². The number of H-pyrrole nitrogens is 1. The Morgan fingerprint density at radius 3 is 2.26 bits per heavy atom. The Labute approximate surface area is 195 Å². The summed E-state index contributed by atoms with van der Waals surface area (Å²) in [6, 6.07) is 17.4. The van der Waals surface area contributed by atoms with Gasteiger partial charge >= 0.3 is 12.1 Å². The van der Waals surface area contributed by atoms with E-state index in [0.29, 0.717) is 12.8 Å². The van der Waals surface area contributed by atoms with Gasteiger partial charge in [0.2, 0.25) is 0 Å². The Bertz CT molecular complexity index is 1220. The number of rotatable bonds is 6. The largest absolute Gasteiger partial charge is 0.480 e. The van der Waals surface area contributed by atoms with Gasteiger partial charge in [0, 0.05) is 12.0 Å². The van der Waals surface area contributed by atoms with Crippen LogP contribution < -0.4 is 10.6 Å². The normalized spacial score (nSPS) is 15.9. The molecule has 0 radical (unpaired) electrons. The Morgan fingerprint density at radius 1 is 1.03 bits per heavy atom. The fourth-order valence-corrected chi connectivity index (χ4v) is 4.90. The zero-order chi connectivity index (χ0) is 23.7. The molecule has 1 fully saturated rings. The van der Waals surface area contributed by atoms with E-state index in [2.05, 4.69) is 33.0 Å². The first-order valence-corrected chi connectivity index (χ1v) is 11.2. The Balaban J connectivity index is 1.21. The second-order valence-electron chi connectivity index (χ2n) is 8.67. The summed E-state index contributed by atoms with van der Waals surface area (Å²) in [5.74, 6) is -1.59. The third-order valence-corrected chi connectivity index (χ3v) is 6.62. The van der Waals surface area contributed by atoms with Gasteiger partial charge in [-0.2, -0.15) is 5.10 Å². The Morgan fingerprint density at radius 2 is 1.65 bits per heavy atom. The van der Waals surface area contributed by atoms with Crippen molar-refractivity contribution in [2.45, 2.75) is 37.1 Å². The second-order valence-corrected chi connectivity index (χ2v) is 8.67. The number of anilines is 1. The highest BCUT2D eigenvalue weighted by Gasteiger charge is 2.43. The van der Waals surface area contributed by atoms with Crippen LogP contribution in [-0.4, -0.2) is 45.4 Å². The standard InChI is InChI=1S/C25H24N4O5/c30-22(27-25(23(31)32)11-5-6-12-25)20-13-21(29-28-20)26-24(33)34-14-19-17-9-3-1-7-15(17)16-8-2-4-10-18(16)19/h1-4,7-10,13,19H,5-6,11-12,14H2,(H,27,30)(H,31,32)(H2,26,28,29,33). The number of benzene rings is 2. The number of ether oxygens (including phenoxy) is 1. The minimum atomic E-state index is -1.26. The quantitative estimate of drug-likeness (QED) is 0.441. The SMILES string of the molecule is O=C(Nc1cc(C(=O)NC2(C(=O)O)CCCC2)[nH]n1)OCC1c2ccccc2-c2ccccc21. The fourth-order valence-electron chi connectivity index (χ4n) is 4.90. The molecule has 2 aliphatic rings. The van der Waals surface area contributed by atoms with Gasteiger partial charge in [-0.05, 0) is 35.1 Å². The van der Waals surface area contributed by atoms with Crippen molar-refractivity contribution < 1.29 is 24.2 Å². The molecule has 9 heteroatoms. The number of aromatic nitrogens is 2. The maximum atomic E-state index is 12.6. The number of hydrogen-bond acceptors (Lipinski definition) is 5. The Hall–Kier alpha value is -4.14. The van der Waals surface area contributed by atoms with E-state index in [1.165, 1.54) is 6.07 Å². The molecular formula is C25H24N4O5. The first-order chi connectivity index (χ1) is 16.5. The molecule has 0 spiro atoms. The van der Waals surface area contributed by atoms with Crippen LogP contribution in [0.4, 0.5) is 10.6 Å². The average molecular weight is 460 g/mol. The first-order valence-electron chi connectivity index (χ1n) is 11.2. The highest BCUT2D eigenvalue weighted by Crippen LogP contribution is 2.44. The van der Waals surface area contributed by atoms with Crippen LogP contribution in [0.25, 0.3) is 11.1 Å². The molecule has 2 aromatic carbocycles. The maximum absolute atomic E-state index is 12.6. The van der Waals surface area contributed by atoms with Gasteiger partial charge in [-0.3, -0.25) is 15.2 Å². The van der Waals surface area contributed by atoms with Crippen LogP contribution >= 0.6 is 0 Å². The van der Waals surface area contributed by atoms with E-state index in [4.69, 9.17) is 4.74 Å². The monoisotopic (exact) mass is 460 g/mol. The molecule has 5 rings (SSSR count). The fraction of sp³-hybridized carbons (Fsp3) is 0.280. The molecule has 34 heavy (non-hydrogen) atoms. The number of carbonyl (C=O) groups excluding carboxylic acids is 2. The van der Waals surface area contributed by atoms with E-state index in [1.54, 1.807) is 0 Å². The molecule has 1 heterocycles. The molecule has 2 amide bonds. The van der Waals surface area contributed by atoms with Crippen LogP contribution in [0.15, 0.2) is 54.6 Å². The van der Waals surface area contributed by atoms with Crippen molar-refractivity contribution in [1.29, 1.82) is 0 Å². The van der Waals surface area contributed by atoms with Gasteiger partial charge in [-0.15, -0.1) is 0 Å². The van der Waals surface area contributed by atoms with E-state index in [0.717, 1.165) is 35.1 Å². The van der Waals surface area contributed by atoms with Crippen molar-refractivity contribution >= 4 is 23.8 Å². The molecule has 0 aliphatic heterocycles. The first kappa shape index (κ1) is 21.7. The summed E-state index contributed by atoms with van der Waals surface area (Å²) in [4.78, 5) is 36.6. The number of amides is 2. The van der Waals surface area contributed by atoms with Crippen molar-refractivity contribution in [3.8, 4) is 11.1 Å². The number of carboxylic acids is 1. The molecule has 0 unspecified atom stereocenters. The topological polar surface area (TPSA) is 133 Å². The molecule has 0 atom stereocenters. The number of nitrogens with one attached hydrogen (secondary N) is 3. The molecular weight excluding hydrogens is 436 g/mol. The van der Waals surface area contributed by atoms with E-state index >= 15 is 0 Å². The third kappa shape index (κ3) is 3.89. The summed E-state index contributed by atoms with van der Waals surface area (Å²) in [5.41, 5.74) is 3.28. The zero-order valence-corrected chi connectivity index (χ0v) is 18.3. The van der Waals surface area contributed by atoms with Gasteiger partial charge in [-0.25, -0.2) is 9.59 Å². The van der Waals surface area contributed by atoms with Gasteiger partial charge in [0.1, 0.15) is 17.8 Å². The van der Waals surface area contributed by atoms with Crippen molar-refractivity contribution in [3.63, 3.8) is 0 Å². The number of fused-ring (bicyclic) bond motifs is 3. The van der Waals surface area contributed by atoms with Crippen LogP contribution in [-0.2, 0) is 9.53 Å². The van der Waals surface area contributed by atoms with Crippen LogP contribution in [0.1, 0.15) is 53.2 Å². The molecule has 1 aromatic heterocycles. The Kier molecular flexibility index (Phi) is 5.53. The highest BCUT2D eigenvalue weighted by atomic mass is 16.5. The average Bonchev–Trinajstić information content (AvgIpc) is 3.56. The summed E-state index contributed by atoms with van der Waals surface area (Å²) in [6.07, 6.45) is 1.55. The lowest BCUT2D eigenvalue weighted by Crippen LogP contribution is -2.52. The molecule has 4 N–H and O–H groups in total. The molecule has 2 aliphatic carbocycles. The summed E-state index contributed by atoms with van der Waals surface area (Å²) in [5, 5.41) is 21.1. The van der Waals surface area contributed by atoms with E-state index < -0.39 is 23.5 Å². The lowest BCUT2D eigenvalue weighted by atomic mass is 9.97. The molecule has 9 nitrogen and oxygen atoms in total. The molecule has 0 saturated heterocycles. The number of hydrogen-bond donors (Lipinski definition) is 4. The number of carboxylic acid groups (broad SMARTS) is 1. The number of carbonyl (C=O) groups is 3. The second kappa shape index (κ2) is 8.66. The predicted octanol–water partition coefficient (Wildman–Crippen LogP) is 3.90. The van der Waals surface area contributed by atoms with Crippen molar-refractivity contribution in [1.82, 2.24) is 15.5 Å². The minimum Gasteiger partial charge on any atom is -0.480 e. The smallest absolute Gasteiger partial charge is 0.412 e. The highest BCUT2D eigenvalue weighted by molar-refractivity contribution is 5.97. The lowest BCUT2D eigenvalue weighted by molar-refractivity contribution is -0.144. The lowest BCUT2D eigenvalue weighted by Gasteiger charge is -2.24. The van der Waals surface area contributed by atoms with E-state index in [-0.39, 0.29) is 24.0 Å². The van der Waals surface area contributed by atoms with Gasteiger partial charge in [-0.1, -0.05) is 61.4 Å². The number of aromatic amines is 1. The molecule has 3 aromatic rings. The summed E-state index contributed by atoms with van der Waals surface area (Å²) in [6.45, 7) is 0.152. The summed E-state index contributed by atoms with van der Waals surface area (Å²) >= 11 is 0. The van der Waals surface area contributed by atoms with Gasteiger partial charge < -0.3 is 15.2 Å². The summed E-state index contributed by atoms with van der Waals surface area (Å²) < 4.78 is 5.49. The van der Waals surface area contributed by atoms with E-state index in [9.17, 15) is 19.5 Å². The van der Waals surface area contributed by atoms with Crippen LogP contribution in [0.2, 0.25) is 0 Å². The predicted molar refractivity (Wildman–Crippen MR) is 124 cm³/mol. The third-order valence-electron chi connectivity index (χ3n) is 6.62. The van der Waals surface area contributed by atoms with Crippen molar-refractivity contribution in [3.05, 3.63) is 71.4 Å². The van der Waals surface area contributed by atoms with Crippen molar-refractivity contribution in [2.24, 2.45) is 0 Å². The van der Waals surface area contributed by atoms with Gasteiger partial charge in [0.05, 0.1) is 0 Å². The molecule has 0 bridgehead atoms. The number of aliphatic carboxylic acids is 1. The van der Waals surface area contributed by atoms with Gasteiger partial charge in [0.15, 0.2) is 5.82 Å². The molecule has 1 saturated carbocycles. The van der Waals surface area contributed by atoms with Crippen LogP contribution in [0.5, 0.6) is 0 Å². The number of nitrogens with zero attached hydrogens (tertiary/aromatic N) is 1. The van der Waals surface area contributed by atoms with Crippen LogP contribution in [0.3, 0.4) is 0 Å². The van der Waals surface area contributed by atoms with E-state index in [1.807, 2.05) is 36.4 Å². The van der Waals surface area contributed by atoms with Crippen molar-refractivity contribution in [2.75, 3.05) is 11.9 Å². The summed E-state index contributed by atoms with van der Waals surface area (Å²) in [7, 11) is 0. The zero-order valence-electron chi connectivity index (χ0n) is 18.3. The maximum Gasteiger partial charge on any atom is 0.412 e. The van der Waals surface area contributed by atoms with Crippen LogP contribution in [0, 0.1) is 0 Å².